The molecule has 1 aromatic rings. The Balaban J connectivity index is 3.07. The molecule has 0 aliphatic carbocycles. The zero-order valence-corrected chi connectivity index (χ0v) is 5.89. The first kappa shape index (κ1) is 6.99. The fraction of sp³-hybridized carbons (Fsp3) is 0.286. The molecule has 0 amide bonds. The molecule has 0 fully saturated rings. The third-order valence-corrected chi connectivity index (χ3v) is 1.14. The van der Waals surface area contributed by atoms with Gasteiger partial charge in [-0.1, -0.05) is 0 Å². The molecule has 1 aromatic heterocycles. The van der Waals surface area contributed by atoms with Crippen molar-refractivity contribution in [3.05, 3.63) is 23.6 Å². The molecule has 0 aliphatic rings. The predicted octanol–water partition coefficient (Wildman–Crippen LogP) is 1.54. The average Bonchev–Trinajstić information content (AvgIpc) is 1.88. The van der Waals surface area contributed by atoms with E-state index in [4.69, 9.17) is 0 Å². The number of hydrogen-bond donors (Lipinski definition) is 0. The van der Waals surface area contributed by atoms with Gasteiger partial charge in [0.1, 0.15) is 0 Å². The molecule has 0 spiro atoms. The summed E-state index contributed by atoms with van der Waals surface area (Å²) in [4.78, 5) is 3.70. The summed E-state index contributed by atoms with van der Waals surface area (Å²) in [5.74, 6) is -0.367. The number of nitrogens with zero attached hydrogens (tertiary/aromatic N) is 1. The molecule has 0 aliphatic heterocycles. The lowest BCUT2D eigenvalue weighted by Crippen LogP contribution is -1.91. The van der Waals surface area contributed by atoms with E-state index in [0.29, 0.717) is 0 Å². The molecule has 0 atom stereocenters. The Hall–Kier alpha value is -1.12. The van der Waals surface area contributed by atoms with Crippen molar-refractivity contribution in [3.63, 3.8) is 0 Å². The topological polar surface area (TPSA) is 22.1 Å². The Morgan fingerprint density at radius 3 is 2.80 bits per heavy atom. The molecular formula is C7H8FNO. The van der Waals surface area contributed by atoms with E-state index >= 15 is 0 Å². The summed E-state index contributed by atoms with van der Waals surface area (Å²) in [5.41, 5.74) is 0.790. The number of aryl methyl sites for hydroxylation is 1. The van der Waals surface area contributed by atoms with Crippen LogP contribution in [0.3, 0.4) is 0 Å². The Kier molecular flexibility index (Phi) is 1.85. The maximum atomic E-state index is 12.7. The van der Waals surface area contributed by atoms with E-state index in [9.17, 15) is 4.39 Å². The minimum Gasteiger partial charge on any atom is -0.479 e. The first-order valence-corrected chi connectivity index (χ1v) is 2.90. The van der Waals surface area contributed by atoms with E-state index in [-0.39, 0.29) is 5.88 Å². The summed E-state index contributed by atoms with van der Waals surface area (Å²) in [5, 5.41) is 0. The summed E-state index contributed by atoms with van der Waals surface area (Å²) in [6.07, 6.45) is 1.56. The second kappa shape index (κ2) is 2.64. The number of methoxy groups -OCH3 is 1. The zero-order chi connectivity index (χ0) is 7.56. The Morgan fingerprint density at radius 1 is 1.60 bits per heavy atom. The number of rotatable bonds is 1. The van der Waals surface area contributed by atoms with Crippen LogP contribution < -0.4 is 4.74 Å². The maximum Gasteiger partial charge on any atom is 0.250 e. The first-order chi connectivity index (χ1) is 4.74. The SMILES string of the molecule is COc1ncc(C)cc1F. The lowest BCUT2D eigenvalue weighted by Gasteiger charge is -1.98. The summed E-state index contributed by atoms with van der Waals surface area (Å²) in [6.45, 7) is 1.77. The van der Waals surface area contributed by atoms with E-state index in [1.54, 1.807) is 13.1 Å². The molecule has 54 valence electrons. The minimum absolute atomic E-state index is 0.0469. The van der Waals surface area contributed by atoms with Gasteiger partial charge in [-0.2, -0.15) is 0 Å². The van der Waals surface area contributed by atoms with Gasteiger partial charge in [0.05, 0.1) is 7.11 Å². The molecule has 0 radical (unpaired) electrons. The molecule has 0 saturated carbocycles. The summed E-state index contributed by atoms with van der Waals surface area (Å²) in [7, 11) is 1.39. The van der Waals surface area contributed by atoms with E-state index in [1.165, 1.54) is 13.2 Å². The predicted molar refractivity (Wildman–Crippen MR) is 35.5 cm³/mol. The summed E-state index contributed by atoms with van der Waals surface area (Å²) >= 11 is 0. The molecule has 0 unspecified atom stereocenters. The van der Waals surface area contributed by atoms with Gasteiger partial charge in [0, 0.05) is 6.20 Å². The third kappa shape index (κ3) is 1.23. The summed E-state index contributed by atoms with van der Waals surface area (Å²) in [6, 6.07) is 1.38. The average molecular weight is 141 g/mol. The van der Waals surface area contributed by atoms with Crippen molar-refractivity contribution in [2.24, 2.45) is 0 Å². The van der Waals surface area contributed by atoms with E-state index in [2.05, 4.69) is 9.72 Å². The van der Waals surface area contributed by atoms with E-state index < -0.39 is 5.82 Å². The van der Waals surface area contributed by atoms with Crippen molar-refractivity contribution < 1.29 is 9.13 Å². The Labute approximate surface area is 58.7 Å². The van der Waals surface area contributed by atoms with Crippen LogP contribution in [0.4, 0.5) is 4.39 Å². The highest BCUT2D eigenvalue weighted by molar-refractivity contribution is 5.18. The number of ether oxygens (including phenoxy) is 1. The molecule has 10 heavy (non-hydrogen) atoms. The molecule has 0 aromatic carbocycles. The minimum atomic E-state index is -0.414. The van der Waals surface area contributed by atoms with Gasteiger partial charge < -0.3 is 4.74 Å². The number of hydrogen-bond acceptors (Lipinski definition) is 2. The largest absolute Gasteiger partial charge is 0.479 e. The molecule has 0 N–H and O–H groups in total. The molecule has 1 rings (SSSR count). The van der Waals surface area contributed by atoms with Gasteiger partial charge in [0.15, 0.2) is 5.82 Å². The van der Waals surface area contributed by atoms with E-state index in [0.717, 1.165) is 5.56 Å². The fourth-order valence-electron chi connectivity index (χ4n) is 0.671. The van der Waals surface area contributed by atoms with Gasteiger partial charge in [0.2, 0.25) is 5.88 Å². The normalized spacial score (nSPS) is 9.50. The second-order valence-electron chi connectivity index (χ2n) is 2.00. The van der Waals surface area contributed by atoms with Gasteiger partial charge in [-0.3, -0.25) is 0 Å². The van der Waals surface area contributed by atoms with Crippen LogP contribution in [0, 0.1) is 12.7 Å². The van der Waals surface area contributed by atoms with Crippen LogP contribution >= 0.6 is 0 Å². The van der Waals surface area contributed by atoms with Gasteiger partial charge in [-0.15, -0.1) is 0 Å². The lowest BCUT2D eigenvalue weighted by atomic mass is 10.3. The van der Waals surface area contributed by atoms with Crippen LogP contribution in [0.15, 0.2) is 12.3 Å². The van der Waals surface area contributed by atoms with Gasteiger partial charge in [0.25, 0.3) is 0 Å². The van der Waals surface area contributed by atoms with E-state index in [1.807, 2.05) is 0 Å². The maximum absolute atomic E-state index is 12.7. The molecule has 2 nitrogen and oxygen atoms in total. The second-order valence-corrected chi connectivity index (χ2v) is 2.00. The molecule has 3 heteroatoms. The summed E-state index contributed by atoms with van der Waals surface area (Å²) < 4.78 is 17.3. The van der Waals surface area contributed by atoms with Crippen molar-refractivity contribution in [3.8, 4) is 5.88 Å². The van der Waals surface area contributed by atoms with Gasteiger partial charge in [-0.05, 0) is 18.6 Å². The smallest absolute Gasteiger partial charge is 0.250 e. The van der Waals surface area contributed by atoms with Crippen LogP contribution in [-0.2, 0) is 0 Å². The standard InChI is InChI=1S/C7H8FNO/c1-5-3-6(8)7(10-2)9-4-5/h3-4H,1-2H3. The van der Waals surface area contributed by atoms with Crippen LogP contribution in [0.1, 0.15) is 5.56 Å². The van der Waals surface area contributed by atoms with Crippen LogP contribution in [0.25, 0.3) is 0 Å². The Bertz CT molecular complexity index is 237. The van der Waals surface area contributed by atoms with Crippen LogP contribution in [-0.4, -0.2) is 12.1 Å². The zero-order valence-electron chi connectivity index (χ0n) is 5.89. The first-order valence-electron chi connectivity index (χ1n) is 2.90. The molecule has 1 heterocycles. The highest BCUT2D eigenvalue weighted by Crippen LogP contribution is 2.12. The number of aromatic nitrogens is 1. The van der Waals surface area contributed by atoms with Crippen molar-refractivity contribution in [1.29, 1.82) is 0 Å². The quantitative estimate of drug-likeness (QED) is 0.591. The monoisotopic (exact) mass is 141 g/mol. The van der Waals surface area contributed by atoms with Crippen molar-refractivity contribution in [2.75, 3.05) is 7.11 Å². The highest BCUT2D eigenvalue weighted by atomic mass is 19.1. The van der Waals surface area contributed by atoms with Crippen molar-refractivity contribution >= 4 is 0 Å². The van der Waals surface area contributed by atoms with Crippen molar-refractivity contribution in [1.82, 2.24) is 4.98 Å². The third-order valence-electron chi connectivity index (χ3n) is 1.14. The Morgan fingerprint density at radius 2 is 2.30 bits per heavy atom. The van der Waals surface area contributed by atoms with Gasteiger partial charge in [-0.25, -0.2) is 9.37 Å². The molecule has 0 saturated heterocycles. The van der Waals surface area contributed by atoms with Crippen molar-refractivity contribution in [2.45, 2.75) is 6.92 Å². The molecule has 0 bridgehead atoms. The fourth-order valence-corrected chi connectivity index (χ4v) is 0.671. The molecular weight excluding hydrogens is 133 g/mol. The van der Waals surface area contributed by atoms with Crippen LogP contribution in [0.2, 0.25) is 0 Å². The lowest BCUT2D eigenvalue weighted by molar-refractivity contribution is 0.369. The highest BCUT2D eigenvalue weighted by Gasteiger charge is 2.01. The van der Waals surface area contributed by atoms with Gasteiger partial charge >= 0.3 is 0 Å². The number of halogens is 1. The number of pyridine rings is 1. The van der Waals surface area contributed by atoms with Crippen LogP contribution in [0.5, 0.6) is 5.88 Å².